The average Bonchev–Trinajstić information content (AvgIpc) is 2.18. The van der Waals surface area contributed by atoms with Crippen LogP contribution in [0.1, 0.15) is 32.1 Å². The zero-order valence-corrected chi connectivity index (χ0v) is 8.91. The molecule has 0 spiro atoms. The van der Waals surface area contributed by atoms with Crippen LogP contribution in [-0.4, -0.2) is 35.0 Å². The van der Waals surface area contributed by atoms with Gasteiger partial charge in [0.1, 0.15) is 0 Å². The van der Waals surface area contributed by atoms with Crippen LogP contribution < -0.4 is 5.73 Å². The summed E-state index contributed by atoms with van der Waals surface area (Å²) in [6.45, 7) is 1.31. The minimum Gasteiger partial charge on any atom is -0.465 e. The molecule has 0 bridgehead atoms. The normalized spacial score (nSPS) is 17.7. The van der Waals surface area contributed by atoms with E-state index < -0.39 is 6.09 Å². The lowest BCUT2D eigenvalue weighted by molar-refractivity contribution is 0.123. The second kappa shape index (κ2) is 5.58. The predicted octanol–water partition coefficient (Wildman–Crippen LogP) is 1.48. The highest BCUT2D eigenvalue weighted by Gasteiger charge is 2.21. The zero-order valence-electron chi connectivity index (χ0n) is 8.91. The van der Waals surface area contributed by atoms with E-state index in [1.807, 2.05) is 0 Å². The summed E-state index contributed by atoms with van der Waals surface area (Å²) in [4.78, 5) is 12.1. The molecule has 5 heteroatoms. The summed E-state index contributed by atoms with van der Waals surface area (Å²) >= 11 is 0. The maximum Gasteiger partial charge on any atom is 0.407 e. The highest BCUT2D eigenvalue weighted by molar-refractivity contribution is 5.76. The number of carboxylic acid groups (broad SMARTS) is 1. The summed E-state index contributed by atoms with van der Waals surface area (Å²) in [6, 6.07) is 0. The van der Waals surface area contributed by atoms with Crippen molar-refractivity contribution in [1.29, 1.82) is 5.41 Å². The van der Waals surface area contributed by atoms with Gasteiger partial charge in [0.25, 0.3) is 0 Å². The van der Waals surface area contributed by atoms with E-state index >= 15 is 0 Å². The predicted molar refractivity (Wildman–Crippen MR) is 58.1 cm³/mol. The van der Waals surface area contributed by atoms with Crippen molar-refractivity contribution in [2.24, 2.45) is 11.7 Å². The number of nitrogens with zero attached hydrogens (tertiary/aromatic N) is 1. The minimum atomic E-state index is -0.808. The van der Waals surface area contributed by atoms with Gasteiger partial charge in [-0.2, -0.15) is 0 Å². The Labute approximate surface area is 89.8 Å². The third kappa shape index (κ3) is 4.18. The third-order valence-electron chi connectivity index (χ3n) is 2.94. The van der Waals surface area contributed by atoms with Crippen LogP contribution in [0.2, 0.25) is 0 Å². The number of likely N-dealkylation sites (tertiary alicyclic amines) is 1. The number of hydrogen-bond donors (Lipinski definition) is 3. The number of hydrogen-bond acceptors (Lipinski definition) is 2. The third-order valence-corrected chi connectivity index (χ3v) is 2.94. The van der Waals surface area contributed by atoms with Gasteiger partial charge in [-0.05, 0) is 31.6 Å². The van der Waals surface area contributed by atoms with Gasteiger partial charge >= 0.3 is 6.09 Å². The van der Waals surface area contributed by atoms with Gasteiger partial charge in [-0.1, -0.05) is 0 Å². The van der Waals surface area contributed by atoms with E-state index in [9.17, 15) is 4.79 Å². The first-order valence-electron chi connectivity index (χ1n) is 5.40. The van der Waals surface area contributed by atoms with Gasteiger partial charge in [-0.25, -0.2) is 4.79 Å². The summed E-state index contributed by atoms with van der Waals surface area (Å²) in [5, 5.41) is 15.8. The van der Waals surface area contributed by atoms with E-state index in [0.717, 1.165) is 25.7 Å². The molecule has 1 aliphatic rings. The van der Waals surface area contributed by atoms with Crippen molar-refractivity contribution in [3.63, 3.8) is 0 Å². The van der Waals surface area contributed by atoms with E-state index in [4.69, 9.17) is 16.2 Å². The summed E-state index contributed by atoms with van der Waals surface area (Å²) in [6.07, 6.45) is 3.77. The fourth-order valence-corrected chi connectivity index (χ4v) is 1.99. The van der Waals surface area contributed by atoms with Crippen LogP contribution in [0.25, 0.3) is 0 Å². The van der Waals surface area contributed by atoms with Crippen molar-refractivity contribution >= 4 is 11.9 Å². The van der Waals surface area contributed by atoms with E-state index in [-0.39, 0.29) is 5.84 Å². The van der Waals surface area contributed by atoms with Crippen LogP contribution in [0.3, 0.4) is 0 Å². The number of carbonyl (C=O) groups is 1. The van der Waals surface area contributed by atoms with Crippen LogP contribution in [-0.2, 0) is 0 Å². The molecule has 1 saturated heterocycles. The summed E-state index contributed by atoms with van der Waals surface area (Å²) in [7, 11) is 0. The molecule has 0 saturated carbocycles. The smallest absolute Gasteiger partial charge is 0.407 e. The second-order valence-corrected chi connectivity index (χ2v) is 4.13. The summed E-state index contributed by atoms with van der Waals surface area (Å²) < 4.78 is 0. The second-order valence-electron chi connectivity index (χ2n) is 4.13. The molecular weight excluding hydrogens is 194 g/mol. The van der Waals surface area contributed by atoms with Gasteiger partial charge in [0.2, 0.25) is 0 Å². The molecule has 0 aromatic carbocycles. The van der Waals surface area contributed by atoms with Crippen molar-refractivity contribution in [3.05, 3.63) is 0 Å². The number of nitrogens with two attached hydrogens (primary N) is 1. The first-order valence-corrected chi connectivity index (χ1v) is 5.40. The standard InChI is InChI=1S/C10H19N3O2/c11-9(12)3-1-2-8-4-6-13(7-5-8)10(14)15/h8H,1-7H2,(H3,11,12)(H,14,15). The lowest BCUT2D eigenvalue weighted by Gasteiger charge is -2.29. The Bertz CT molecular complexity index is 232. The Morgan fingerprint density at radius 3 is 2.53 bits per heavy atom. The topological polar surface area (TPSA) is 90.4 Å². The van der Waals surface area contributed by atoms with Crippen LogP contribution in [0.5, 0.6) is 0 Å². The van der Waals surface area contributed by atoms with E-state index in [0.29, 0.717) is 25.4 Å². The Hall–Kier alpha value is -1.26. The molecule has 1 aliphatic heterocycles. The number of nitrogens with one attached hydrogen (secondary N) is 1. The number of piperidine rings is 1. The lowest BCUT2D eigenvalue weighted by atomic mass is 9.92. The van der Waals surface area contributed by atoms with Crippen LogP contribution in [0, 0.1) is 11.3 Å². The molecule has 1 fully saturated rings. The molecule has 86 valence electrons. The molecule has 1 heterocycles. The van der Waals surface area contributed by atoms with Crippen molar-refractivity contribution < 1.29 is 9.90 Å². The molecule has 15 heavy (non-hydrogen) atoms. The molecule has 0 aliphatic carbocycles. The van der Waals surface area contributed by atoms with Crippen molar-refractivity contribution in [2.75, 3.05) is 13.1 Å². The fourth-order valence-electron chi connectivity index (χ4n) is 1.99. The molecule has 0 atom stereocenters. The van der Waals surface area contributed by atoms with Gasteiger partial charge < -0.3 is 15.7 Å². The first-order chi connectivity index (χ1) is 7.09. The minimum absolute atomic E-state index is 0.248. The Kier molecular flexibility index (Phi) is 4.39. The van der Waals surface area contributed by atoms with Gasteiger partial charge in [0, 0.05) is 19.5 Å². The Balaban J connectivity index is 2.14. The van der Waals surface area contributed by atoms with Crippen molar-refractivity contribution in [3.8, 4) is 0 Å². The summed E-state index contributed by atoms with van der Waals surface area (Å²) in [5.74, 6) is 0.859. The monoisotopic (exact) mass is 213 g/mol. The highest BCUT2D eigenvalue weighted by Crippen LogP contribution is 2.22. The zero-order chi connectivity index (χ0) is 11.3. The quantitative estimate of drug-likeness (QED) is 0.488. The molecule has 1 amide bonds. The average molecular weight is 213 g/mol. The summed E-state index contributed by atoms with van der Waals surface area (Å²) in [5.41, 5.74) is 5.27. The maximum absolute atomic E-state index is 10.6. The van der Waals surface area contributed by atoms with E-state index in [2.05, 4.69) is 0 Å². The van der Waals surface area contributed by atoms with Crippen LogP contribution in [0.4, 0.5) is 4.79 Å². The SMILES string of the molecule is N=C(N)CCCC1CCN(C(=O)O)CC1. The van der Waals surface area contributed by atoms with Crippen LogP contribution >= 0.6 is 0 Å². The molecule has 0 aromatic heterocycles. The Morgan fingerprint density at radius 1 is 1.47 bits per heavy atom. The van der Waals surface area contributed by atoms with Crippen molar-refractivity contribution in [2.45, 2.75) is 32.1 Å². The molecule has 5 nitrogen and oxygen atoms in total. The van der Waals surface area contributed by atoms with Gasteiger partial charge in [0.05, 0.1) is 5.84 Å². The highest BCUT2D eigenvalue weighted by atomic mass is 16.4. The van der Waals surface area contributed by atoms with Gasteiger partial charge in [-0.3, -0.25) is 5.41 Å². The molecular formula is C10H19N3O2. The number of amidine groups is 1. The fraction of sp³-hybridized carbons (Fsp3) is 0.800. The number of rotatable bonds is 4. The number of amides is 1. The lowest BCUT2D eigenvalue weighted by Crippen LogP contribution is -2.37. The van der Waals surface area contributed by atoms with Gasteiger partial charge in [-0.15, -0.1) is 0 Å². The molecule has 0 radical (unpaired) electrons. The molecule has 0 unspecified atom stereocenters. The van der Waals surface area contributed by atoms with E-state index in [1.54, 1.807) is 0 Å². The molecule has 0 aromatic rings. The molecule has 4 N–H and O–H groups in total. The Morgan fingerprint density at radius 2 is 2.07 bits per heavy atom. The van der Waals surface area contributed by atoms with Crippen LogP contribution in [0.15, 0.2) is 0 Å². The van der Waals surface area contributed by atoms with Gasteiger partial charge in [0.15, 0.2) is 0 Å². The van der Waals surface area contributed by atoms with E-state index in [1.165, 1.54) is 4.90 Å². The largest absolute Gasteiger partial charge is 0.465 e. The van der Waals surface area contributed by atoms with Crippen molar-refractivity contribution in [1.82, 2.24) is 4.90 Å². The maximum atomic E-state index is 10.6. The first kappa shape index (κ1) is 11.8. The molecule has 1 rings (SSSR count).